The van der Waals surface area contributed by atoms with Crippen molar-refractivity contribution in [2.24, 2.45) is 4.99 Å². The van der Waals surface area contributed by atoms with Gasteiger partial charge in [-0.3, -0.25) is 0 Å². The summed E-state index contributed by atoms with van der Waals surface area (Å²) < 4.78 is 10.3. The van der Waals surface area contributed by atoms with Crippen LogP contribution in [0.1, 0.15) is 44.4 Å². The van der Waals surface area contributed by atoms with Crippen molar-refractivity contribution in [3.05, 3.63) is 38.7 Å². The Morgan fingerprint density at radius 1 is 1.36 bits per heavy atom. The average molecular weight is 364 g/mol. The van der Waals surface area contributed by atoms with Crippen LogP contribution in [-0.2, 0) is 17.8 Å². The summed E-state index contributed by atoms with van der Waals surface area (Å²) in [6, 6.07) is 1.67. The van der Waals surface area contributed by atoms with Crippen LogP contribution in [0.15, 0.2) is 15.5 Å². The van der Waals surface area contributed by atoms with Crippen LogP contribution in [0.4, 0.5) is 0 Å². The van der Waals surface area contributed by atoms with Gasteiger partial charge in [0.2, 0.25) is 0 Å². The fourth-order valence-electron chi connectivity index (χ4n) is 2.33. The van der Waals surface area contributed by atoms with E-state index in [2.05, 4.69) is 20.6 Å². The number of hydrogen-bond acceptors (Lipinski definition) is 6. The number of carbonyl (C=O) groups is 1. The van der Waals surface area contributed by atoms with Gasteiger partial charge in [-0.05, 0) is 33.8 Å². The number of methoxy groups -OCH3 is 1. The zero-order valence-electron chi connectivity index (χ0n) is 15.2. The van der Waals surface area contributed by atoms with Crippen LogP contribution in [-0.4, -0.2) is 30.6 Å². The molecule has 7 nitrogen and oxygen atoms in total. The highest BCUT2D eigenvalue weighted by atomic mass is 32.1. The van der Waals surface area contributed by atoms with E-state index in [4.69, 9.17) is 9.15 Å². The van der Waals surface area contributed by atoms with E-state index in [9.17, 15) is 4.79 Å². The molecule has 2 N–H and O–H groups in total. The number of aromatic nitrogens is 1. The van der Waals surface area contributed by atoms with Crippen LogP contribution < -0.4 is 10.6 Å². The van der Waals surface area contributed by atoms with E-state index in [0.717, 1.165) is 17.2 Å². The summed E-state index contributed by atoms with van der Waals surface area (Å²) in [6.07, 6.45) is 0. The van der Waals surface area contributed by atoms with Gasteiger partial charge in [0.25, 0.3) is 0 Å². The number of rotatable bonds is 6. The first-order valence-electron chi connectivity index (χ1n) is 8.07. The van der Waals surface area contributed by atoms with Crippen molar-refractivity contribution in [3.8, 4) is 0 Å². The van der Waals surface area contributed by atoms with E-state index in [1.807, 2.05) is 20.8 Å². The molecular weight excluding hydrogens is 340 g/mol. The molecule has 0 saturated heterocycles. The highest BCUT2D eigenvalue weighted by molar-refractivity contribution is 7.11. The van der Waals surface area contributed by atoms with Gasteiger partial charge in [0.1, 0.15) is 23.6 Å². The maximum absolute atomic E-state index is 11.6. The maximum atomic E-state index is 11.6. The molecule has 25 heavy (non-hydrogen) atoms. The number of hydrogen-bond donors (Lipinski definition) is 2. The van der Waals surface area contributed by atoms with E-state index < -0.39 is 5.97 Å². The lowest BCUT2D eigenvalue weighted by molar-refractivity contribution is 0.0599. The molecule has 0 bridgehead atoms. The largest absolute Gasteiger partial charge is 0.465 e. The molecule has 0 saturated carbocycles. The van der Waals surface area contributed by atoms with Crippen LogP contribution in [0.25, 0.3) is 0 Å². The molecule has 2 aromatic rings. The molecule has 0 aliphatic heterocycles. The lowest BCUT2D eigenvalue weighted by Crippen LogP contribution is -2.36. The minimum atomic E-state index is -0.405. The minimum Gasteiger partial charge on any atom is -0.465 e. The van der Waals surface area contributed by atoms with Crippen LogP contribution in [0, 0.1) is 20.8 Å². The number of esters is 1. The Labute approximate surface area is 151 Å². The summed E-state index contributed by atoms with van der Waals surface area (Å²) in [5, 5.41) is 7.54. The van der Waals surface area contributed by atoms with Gasteiger partial charge in [-0.1, -0.05) is 0 Å². The molecule has 2 heterocycles. The summed E-state index contributed by atoms with van der Waals surface area (Å²) in [4.78, 5) is 21.8. The number of nitrogens with zero attached hydrogens (tertiary/aromatic N) is 2. The number of guanidine groups is 1. The predicted molar refractivity (Wildman–Crippen MR) is 98.0 cm³/mol. The zero-order chi connectivity index (χ0) is 18.4. The maximum Gasteiger partial charge on any atom is 0.341 e. The van der Waals surface area contributed by atoms with E-state index >= 15 is 0 Å². The zero-order valence-corrected chi connectivity index (χ0v) is 16.0. The normalized spacial score (nSPS) is 11.5. The summed E-state index contributed by atoms with van der Waals surface area (Å²) in [6.45, 7) is 9.48. The van der Waals surface area contributed by atoms with Crippen molar-refractivity contribution in [1.29, 1.82) is 0 Å². The molecule has 0 amide bonds. The van der Waals surface area contributed by atoms with Crippen molar-refractivity contribution in [3.63, 3.8) is 0 Å². The number of ether oxygens (including phenoxy) is 1. The monoisotopic (exact) mass is 364 g/mol. The second-order valence-corrected chi connectivity index (χ2v) is 6.75. The average Bonchev–Trinajstić information content (AvgIpc) is 3.11. The Hall–Kier alpha value is -2.35. The Balaban J connectivity index is 2.04. The number of thiazole rings is 1. The summed E-state index contributed by atoms with van der Waals surface area (Å²) in [5.41, 5.74) is 1.47. The lowest BCUT2D eigenvalue weighted by Gasteiger charge is -2.10. The van der Waals surface area contributed by atoms with Gasteiger partial charge >= 0.3 is 5.97 Å². The van der Waals surface area contributed by atoms with E-state index in [1.165, 1.54) is 12.0 Å². The fourth-order valence-corrected chi connectivity index (χ4v) is 3.21. The van der Waals surface area contributed by atoms with Gasteiger partial charge in [-0.25, -0.2) is 14.8 Å². The van der Waals surface area contributed by atoms with Crippen molar-refractivity contribution >= 4 is 23.3 Å². The lowest BCUT2D eigenvalue weighted by atomic mass is 10.2. The molecule has 0 fully saturated rings. The Bertz CT molecular complexity index is 764. The molecule has 0 aromatic carbocycles. The molecule has 0 aliphatic rings. The predicted octanol–water partition coefficient (Wildman–Crippen LogP) is 2.70. The van der Waals surface area contributed by atoms with Crippen LogP contribution in [0.5, 0.6) is 0 Å². The number of carbonyl (C=O) groups excluding carboxylic acids is 1. The Kier molecular flexibility index (Phi) is 6.58. The second kappa shape index (κ2) is 8.66. The standard InChI is InChI=1S/C17H24N4O3S/c1-6-18-17(20-9-15-10(2)21-12(4)25-15)19-8-13-7-14(11(3)24-13)16(22)23-5/h7H,6,8-9H2,1-5H3,(H2,18,19,20). The highest BCUT2D eigenvalue weighted by Crippen LogP contribution is 2.17. The molecule has 0 unspecified atom stereocenters. The minimum absolute atomic E-state index is 0.327. The molecule has 2 aromatic heterocycles. The molecule has 0 atom stereocenters. The van der Waals surface area contributed by atoms with Crippen molar-refractivity contribution < 1.29 is 13.9 Å². The van der Waals surface area contributed by atoms with Gasteiger partial charge in [0.15, 0.2) is 5.96 Å². The number of aryl methyl sites for hydroxylation is 3. The van der Waals surface area contributed by atoms with E-state index in [-0.39, 0.29) is 0 Å². The quantitative estimate of drug-likeness (QED) is 0.465. The summed E-state index contributed by atoms with van der Waals surface area (Å²) >= 11 is 1.67. The van der Waals surface area contributed by atoms with Gasteiger partial charge in [-0.15, -0.1) is 11.3 Å². The third-order valence-electron chi connectivity index (χ3n) is 3.53. The first kappa shape index (κ1) is 19.0. The molecule has 136 valence electrons. The molecule has 0 spiro atoms. The van der Waals surface area contributed by atoms with Crippen LogP contribution >= 0.6 is 11.3 Å². The Morgan fingerprint density at radius 3 is 2.72 bits per heavy atom. The van der Waals surface area contributed by atoms with Crippen molar-refractivity contribution in [2.75, 3.05) is 13.7 Å². The van der Waals surface area contributed by atoms with Gasteiger partial charge < -0.3 is 19.8 Å². The first-order chi connectivity index (χ1) is 11.9. The molecule has 0 aliphatic carbocycles. The molecule has 2 rings (SSSR count). The molecular formula is C17H24N4O3S. The van der Waals surface area contributed by atoms with Gasteiger partial charge in [0, 0.05) is 11.4 Å². The van der Waals surface area contributed by atoms with Crippen LogP contribution in [0.3, 0.4) is 0 Å². The number of furan rings is 1. The third kappa shape index (κ3) is 5.06. The fraction of sp³-hybridized carbons (Fsp3) is 0.471. The SMILES string of the molecule is CCNC(=NCc1cc(C(=O)OC)c(C)o1)NCc1sc(C)nc1C. The second-order valence-electron chi connectivity index (χ2n) is 5.46. The van der Waals surface area contributed by atoms with E-state index in [1.54, 1.807) is 24.3 Å². The van der Waals surface area contributed by atoms with Gasteiger partial charge in [0.05, 0.1) is 24.4 Å². The topological polar surface area (TPSA) is 88.8 Å². The van der Waals surface area contributed by atoms with Gasteiger partial charge in [-0.2, -0.15) is 0 Å². The Morgan fingerprint density at radius 2 is 2.12 bits per heavy atom. The summed E-state index contributed by atoms with van der Waals surface area (Å²) in [7, 11) is 1.35. The third-order valence-corrected chi connectivity index (χ3v) is 4.60. The van der Waals surface area contributed by atoms with Crippen LogP contribution in [0.2, 0.25) is 0 Å². The number of nitrogens with one attached hydrogen (secondary N) is 2. The highest BCUT2D eigenvalue weighted by Gasteiger charge is 2.15. The molecule has 8 heteroatoms. The summed E-state index contributed by atoms with van der Waals surface area (Å²) in [5.74, 6) is 1.42. The van der Waals surface area contributed by atoms with E-state index in [0.29, 0.717) is 36.1 Å². The van der Waals surface area contributed by atoms with Crippen molar-refractivity contribution in [2.45, 2.75) is 40.8 Å². The smallest absolute Gasteiger partial charge is 0.341 e. The molecule has 0 radical (unpaired) electrons. The number of aliphatic imine (C=N–C) groups is 1. The van der Waals surface area contributed by atoms with Crippen molar-refractivity contribution in [1.82, 2.24) is 15.6 Å². The first-order valence-corrected chi connectivity index (χ1v) is 8.89.